The molecule has 0 fully saturated rings. The molecule has 1 aromatic rings. The predicted molar refractivity (Wildman–Crippen MR) is 62.0 cm³/mol. The van der Waals surface area contributed by atoms with E-state index in [2.05, 4.69) is 20.9 Å². The lowest BCUT2D eigenvalue weighted by Crippen LogP contribution is -2.10. The lowest BCUT2D eigenvalue weighted by Gasteiger charge is -2.09. The molecule has 0 N–H and O–H groups in total. The number of ether oxygens (including phenoxy) is 1. The van der Waals surface area contributed by atoms with Gasteiger partial charge in [0.05, 0.1) is 24.3 Å². The second-order valence-electron chi connectivity index (χ2n) is 3.38. The summed E-state index contributed by atoms with van der Waals surface area (Å²) in [5, 5.41) is 0. The molecule has 3 nitrogen and oxygen atoms in total. The Morgan fingerprint density at radius 3 is 2.71 bits per heavy atom. The zero-order chi connectivity index (χ0) is 13.0. The first kappa shape index (κ1) is 14.0. The van der Waals surface area contributed by atoms with Crippen LogP contribution in [0.5, 0.6) is 0 Å². The van der Waals surface area contributed by atoms with E-state index in [1.165, 1.54) is 13.0 Å². The van der Waals surface area contributed by atoms with Gasteiger partial charge in [-0.3, -0.25) is 9.78 Å². The fourth-order valence-electron chi connectivity index (χ4n) is 1.42. The van der Waals surface area contributed by atoms with Crippen molar-refractivity contribution in [1.82, 2.24) is 4.98 Å². The highest BCUT2D eigenvalue weighted by molar-refractivity contribution is 9.10. The zero-order valence-corrected chi connectivity index (χ0v) is 11.1. The summed E-state index contributed by atoms with van der Waals surface area (Å²) in [6.45, 7) is 3.47. The molecule has 0 atom stereocenters. The Morgan fingerprint density at radius 1 is 1.59 bits per heavy atom. The number of rotatable bonds is 4. The van der Waals surface area contributed by atoms with Crippen molar-refractivity contribution in [2.45, 2.75) is 26.7 Å². The maximum Gasteiger partial charge on any atom is 0.311 e. The Balaban J connectivity index is 2.94. The maximum atomic E-state index is 12.6. The number of nitrogens with zero attached hydrogens (tertiary/aromatic N) is 1. The zero-order valence-electron chi connectivity index (χ0n) is 9.47. The highest BCUT2D eigenvalue weighted by Crippen LogP contribution is 2.30. The van der Waals surface area contributed by atoms with Gasteiger partial charge in [0.25, 0.3) is 6.43 Å². The summed E-state index contributed by atoms with van der Waals surface area (Å²) in [6.07, 6.45) is -2.61. The van der Waals surface area contributed by atoms with Gasteiger partial charge in [0, 0.05) is 10.2 Å². The second-order valence-corrected chi connectivity index (χ2v) is 4.23. The second kappa shape index (κ2) is 6.05. The van der Waals surface area contributed by atoms with Crippen molar-refractivity contribution in [1.29, 1.82) is 0 Å². The van der Waals surface area contributed by atoms with Crippen LogP contribution < -0.4 is 0 Å². The van der Waals surface area contributed by atoms with Crippen molar-refractivity contribution in [2.24, 2.45) is 0 Å². The van der Waals surface area contributed by atoms with Gasteiger partial charge in [-0.15, -0.1) is 0 Å². The summed E-state index contributed by atoms with van der Waals surface area (Å²) in [6, 6.07) is 1.42. The molecule has 0 bridgehead atoms. The van der Waals surface area contributed by atoms with Crippen molar-refractivity contribution in [3.8, 4) is 0 Å². The molecule has 0 aliphatic heterocycles. The first-order valence-corrected chi connectivity index (χ1v) is 5.84. The van der Waals surface area contributed by atoms with Crippen molar-refractivity contribution >= 4 is 21.9 Å². The number of alkyl halides is 2. The normalized spacial score (nSPS) is 10.7. The molecule has 0 spiro atoms. The lowest BCUT2D eigenvalue weighted by molar-refractivity contribution is -0.142. The summed E-state index contributed by atoms with van der Waals surface area (Å²) in [4.78, 5) is 15.2. The van der Waals surface area contributed by atoms with Crippen LogP contribution in [0.1, 0.15) is 30.3 Å². The highest BCUT2D eigenvalue weighted by Gasteiger charge is 2.18. The molecule has 17 heavy (non-hydrogen) atoms. The van der Waals surface area contributed by atoms with E-state index >= 15 is 0 Å². The molecular formula is C11H12BrF2NO2. The first-order valence-electron chi connectivity index (χ1n) is 5.05. The topological polar surface area (TPSA) is 39.2 Å². The molecule has 0 radical (unpaired) electrons. The van der Waals surface area contributed by atoms with Gasteiger partial charge in [0.2, 0.25) is 0 Å². The third kappa shape index (κ3) is 3.73. The number of pyridine rings is 1. The van der Waals surface area contributed by atoms with Crippen LogP contribution in [0.3, 0.4) is 0 Å². The van der Waals surface area contributed by atoms with Crippen LogP contribution in [0.25, 0.3) is 0 Å². The fraction of sp³-hybridized carbons (Fsp3) is 0.455. The average Bonchev–Trinajstić information content (AvgIpc) is 2.15. The van der Waals surface area contributed by atoms with Crippen LogP contribution in [-0.4, -0.2) is 17.6 Å². The number of esters is 1. The number of hydrogen-bond donors (Lipinski definition) is 0. The molecule has 0 unspecified atom stereocenters. The van der Waals surface area contributed by atoms with Gasteiger partial charge >= 0.3 is 5.97 Å². The van der Waals surface area contributed by atoms with Crippen LogP contribution in [0.2, 0.25) is 0 Å². The van der Waals surface area contributed by atoms with Gasteiger partial charge in [-0.1, -0.05) is 15.9 Å². The number of carbonyl (C=O) groups excluding carboxylic acids is 1. The third-order valence-corrected chi connectivity index (χ3v) is 2.76. The molecule has 6 heteroatoms. The Kier molecular flexibility index (Phi) is 4.99. The fourth-order valence-corrected chi connectivity index (χ4v) is 2.14. The van der Waals surface area contributed by atoms with Crippen LogP contribution in [-0.2, 0) is 16.0 Å². The Bertz CT molecular complexity index is 401. The van der Waals surface area contributed by atoms with Gasteiger partial charge in [-0.2, -0.15) is 0 Å². The molecule has 0 saturated heterocycles. The minimum absolute atomic E-state index is 0.0171. The Hall–Kier alpha value is -1.04. The molecule has 0 aromatic carbocycles. The van der Waals surface area contributed by atoms with E-state index in [1.807, 2.05) is 0 Å². The molecule has 1 aromatic heterocycles. The highest BCUT2D eigenvalue weighted by atomic mass is 79.9. The average molecular weight is 308 g/mol. The summed E-state index contributed by atoms with van der Waals surface area (Å²) in [5.74, 6) is -0.420. The SMILES string of the molecule is CCOC(=O)Cc1cc(Br)c(C(F)F)c(C)n1. The Morgan fingerprint density at radius 2 is 2.24 bits per heavy atom. The van der Waals surface area contributed by atoms with Crippen LogP contribution >= 0.6 is 15.9 Å². The van der Waals surface area contributed by atoms with Gasteiger partial charge in [-0.05, 0) is 19.9 Å². The standard InChI is InChI=1S/C11H12BrF2NO2/c1-3-17-9(16)5-7-4-8(12)10(11(13)14)6(2)15-7/h4,11H,3,5H2,1-2H3. The molecule has 94 valence electrons. The van der Waals surface area contributed by atoms with Crippen molar-refractivity contribution in [3.05, 3.63) is 27.5 Å². The largest absolute Gasteiger partial charge is 0.466 e. The van der Waals surface area contributed by atoms with Crippen molar-refractivity contribution in [3.63, 3.8) is 0 Å². The van der Waals surface area contributed by atoms with Gasteiger partial charge < -0.3 is 4.74 Å². The minimum Gasteiger partial charge on any atom is -0.466 e. The summed E-state index contributed by atoms with van der Waals surface area (Å²) >= 11 is 3.06. The Labute approximate surface area is 106 Å². The van der Waals surface area contributed by atoms with E-state index in [0.29, 0.717) is 5.69 Å². The lowest BCUT2D eigenvalue weighted by atomic mass is 10.1. The molecular weight excluding hydrogens is 296 g/mol. The number of aromatic nitrogens is 1. The van der Waals surface area contributed by atoms with E-state index in [1.54, 1.807) is 6.92 Å². The van der Waals surface area contributed by atoms with Gasteiger partial charge in [-0.25, -0.2) is 8.78 Å². The molecule has 1 heterocycles. The molecule has 0 aliphatic carbocycles. The van der Waals surface area contributed by atoms with Crippen LogP contribution in [0, 0.1) is 6.92 Å². The van der Waals surface area contributed by atoms with E-state index in [9.17, 15) is 13.6 Å². The van der Waals surface area contributed by atoms with Crippen LogP contribution in [0.4, 0.5) is 8.78 Å². The number of hydrogen-bond acceptors (Lipinski definition) is 3. The molecule has 0 aliphatic rings. The van der Waals surface area contributed by atoms with E-state index in [-0.39, 0.29) is 28.8 Å². The number of carbonyl (C=O) groups is 1. The minimum atomic E-state index is -2.59. The van der Waals surface area contributed by atoms with Gasteiger partial charge in [0.15, 0.2) is 0 Å². The van der Waals surface area contributed by atoms with E-state index in [4.69, 9.17) is 4.74 Å². The van der Waals surface area contributed by atoms with Crippen molar-refractivity contribution in [2.75, 3.05) is 6.61 Å². The van der Waals surface area contributed by atoms with E-state index < -0.39 is 12.4 Å². The summed E-state index contributed by atoms with van der Waals surface area (Å²) < 4.78 is 30.3. The smallest absolute Gasteiger partial charge is 0.311 e. The summed E-state index contributed by atoms with van der Waals surface area (Å²) in [7, 11) is 0. The molecule has 0 amide bonds. The quantitative estimate of drug-likeness (QED) is 0.802. The summed E-state index contributed by atoms with van der Waals surface area (Å²) in [5.41, 5.74) is 0.489. The van der Waals surface area contributed by atoms with Crippen molar-refractivity contribution < 1.29 is 18.3 Å². The number of aryl methyl sites for hydroxylation is 1. The molecule has 0 saturated carbocycles. The third-order valence-electron chi connectivity index (χ3n) is 2.10. The number of halogens is 3. The first-order chi connectivity index (χ1) is 7.95. The molecule has 1 rings (SSSR count). The van der Waals surface area contributed by atoms with E-state index in [0.717, 1.165) is 0 Å². The predicted octanol–water partition coefficient (Wildman–Crippen LogP) is 3.20. The monoisotopic (exact) mass is 307 g/mol. The van der Waals surface area contributed by atoms with Gasteiger partial charge in [0.1, 0.15) is 0 Å². The van der Waals surface area contributed by atoms with Crippen LogP contribution in [0.15, 0.2) is 10.5 Å². The maximum absolute atomic E-state index is 12.6.